The Balaban J connectivity index is 7.69. The Morgan fingerprint density at radius 1 is 0.258 bits per heavy atom. The van der Waals surface area contributed by atoms with Gasteiger partial charge in [0, 0.05) is 52.4 Å². The summed E-state index contributed by atoms with van der Waals surface area (Å²) in [6.45, 7) is 0.445. The first-order chi connectivity index (χ1) is 45.9. The molecule has 0 aromatic heterocycles. The smallest absolute Gasteiger partial charge is 0.243 e. The Morgan fingerprint density at radius 2 is 0.443 bits per heavy atom. The number of aldehydes is 1. The first-order valence-corrected chi connectivity index (χ1v) is 31.7. The van der Waals surface area contributed by atoms with Gasteiger partial charge >= 0.3 is 0 Å². The monoisotopic (exact) mass is 1380 g/mol. The van der Waals surface area contributed by atoms with Crippen molar-refractivity contribution < 1.29 is 43.2 Å². The van der Waals surface area contributed by atoms with E-state index in [0.717, 1.165) is 0 Å². The molecule has 0 bridgehead atoms. The topological polar surface area (TPSA) is 817 Å². The predicted molar refractivity (Wildman–Crippen MR) is 372 cm³/mol. The van der Waals surface area contributed by atoms with Gasteiger partial charge in [0.1, 0.15) is 48.6 Å². The number of nitrogens with two attached hydrogens (primary N) is 18. The number of hydrogen-bond donors (Lipinski definition) is 26. The van der Waals surface area contributed by atoms with E-state index in [-0.39, 0.29) is 203 Å². The van der Waals surface area contributed by atoms with Crippen LogP contribution in [0, 0.1) is 0 Å². The van der Waals surface area contributed by atoms with Gasteiger partial charge in [0.2, 0.25) is 47.3 Å². The van der Waals surface area contributed by atoms with Crippen molar-refractivity contribution in [3.05, 3.63) is 0 Å². The fourth-order valence-corrected chi connectivity index (χ4v) is 8.94. The number of hydrogen-bond acceptors (Lipinski definition) is 19. The molecule has 0 saturated heterocycles. The molecule has 0 unspecified atom stereocenters. The summed E-state index contributed by atoms with van der Waals surface area (Å²) in [7, 11) is 0. The molecular weight excluding hydrogens is 1270 g/mol. The summed E-state index contributed by atoms with van der Waals surface area (Å²) in [5, 5.41) is 21.2. The third-order valence-corrected chi connectivity index (χ3v) is 13.8. The van der Waals surface area contributed by atoms with Crippen molar-refractivity contribution in [3.8, 4) is 0 Å². The van der Waals surface area contributed by atoms with Gasteiger partial charge in [0.05, 0.1) is 12.1 Å². The SMILES string of the molecule is NCCCC[C@@H](C=O)NC(=O)[C@H](CCCN=C(N)N)NC(=O)[C@H](CCCN=C(N)N)NC(=O)[C@H](CCCN=C(N)N)NC(=O)[C@H](CCCN=C(N)N)NC(=O)[C@H](CCCN=C(N)N)NC(=O)[C@H](CCCN=C(N)N)NC(=O)[C@H](CCCN=C(N)N)NC(=O)[C@@H](N)CCCN=C(N)N. The van der Waals surface area contributed by atoms with Crippen LogP contribution < -0.4 is 146 Å². The van der Waals surface area contributed by atoms with E-state index in [9.17, 15) is 43.2 Å². The maximum absolute atomic E-state index is 14.8. The quantitative estimate of drug-likeness (QED) is 0.0116. The third kappa shape index (κ3) is 43.9. The Kier molecular flexibility index (Phi) is 45.4. The van der Waals surface area contributed by atoms with E-state index < -0.39 is 102 Å². The van der Waals surface area contributed by atoms with Gasteiger partial charge in [0.25, 0.3) is 0 Å². The van der Waals surface area contributed by atoms with Gasteiger partial charge in [-0.2, -0.15) is 0 Å². The van der Waals surface area contributed by atoms with Crippen molar-refractivity contribution in [3.63, 3.8) is 0 Å². The van der Waals surface area contributed by atoms with E-state index in [2.05, 4.69) is 82.5 Å². The first-order valence-electron chi connectivity index (χ1n) is 31.7. The molecule has 43 nitrogen and oxygen atoms in total. The van der Waals surface area contributed by atoms with E-state index in [1.54, 1.807) is 0 Å². The standard InChI is InChI=1S/C54H110N34O9/c55-20-2-1-11-30(29-89)81-40(91)32(13-4-22-74-48(59)60)83-42(93)34(15-6-24-76-50(63)64)85-44(95)36(17-8-26-78-52(67)68)87-46(97)38(19-10-28-80-54(71)72)88-45(96)37(18-9-27-79-53(69)70)86-43(94)35(16-7-25-77-51(65)66)84-41(92)33(14-5-23-75-49(61)62)82-39(90)31(56)12-3-21-73-47(57)58/h29-38H,1-28,55-56H2,(H,81,91)(H,82,90)(H,83,93)(H,84,92)(H,85,95)(H,86,94)(H,87,97)(H,88,96)(H4,57,58,73)(H4,59,60,74)(H4,61,62,75)(H4,63,64,76)(H4,65,66,77)(H4,67,68,78)(H4,69,70,79)(H4,71,72,80)/t30-,31-,32-,33-,34-,35-,36-,37-,38-/m0/s1. The van der Waals surface area contributed by atoms with E-state index in [1.807, 2.05) is 0 Å². The number of unbranched alkanes of at least 4 members (excludes halogenated alkanes) is 1. The lowest BCUT2D eigenvalue weighted by molar-refractivity contribution is -0.136. The number of carbonyl (C=O) groups is 9. The molecule has 0 rings (SSSR count). The van der Waals surface area contributed by atoms with Crippen LogP contribution in [0.25, 0.3) is 0 Å². The number of rotatable bonds is 53. The van der Waals surface area contributed by atoms with Crippen molar-refractivity contribution in [1.29, 1.82) is 0 Å². The highest BCUT2D eigenvalue weighted by Crippen LogP contribution is 2.12. The molecule has 0 radical (unpaired) electrons. The van der Waals surface area contributed by atoms with Crippen molar-refractivity contribution in [2.75, 3.05) is 58.9 Å². The Labute approximate surface area is 563 Å². The molecule has 44 N–H and O–H groups in total. The van der Waals surface area contributed by atoms with E-state index in [1.165, 1.54) is 0 Å². The molecule has 550 valence electrons. The molecule has 0 heterocycles. The summed E-state index contributed by atoms with van der Waals surface area (Å²) >= 11 is 0. The molecule has 0 aromatic carbocycles. The first kappa shape index (κ1) is 86.5. The second kappa shape index (κ2) is 50.9. The van der Waals surface area contributed by atoms with Crippen molar-refractivity contribution in [1.82, 2.24) is 42.5 Å². The van der Waals surface area contributed by atoms with Gasteiger partial charge in [-0.15, -0.1) is 0 Å². The van der Waals surface area contributed by atoms with Crippen LogP contribution in [0.4, 0.5) is 0 Å². The molecule has 0 aromatic rings. The van der Waals surface area contributed by atoms with Crippen molar-refractivity contribution in [2.24, 2.45) is 143 Å². The molecule has 8 amide bonds. The normalized spacial score (nSPS) is 13.4. The average molecular weight is 1380 g/mol. The highest BCUT2D eigenvalue weighted by Gasteiger charge is 2.35. The number of guanidine groups is 8. The zero-order valence-electron chi connectivity index (χ0n) is 55.2. The average Bonchev–Trinajstić information content (AvgIpc) is 1.03. The minimum absolute atomic E-state index is 0.0117. The highest BCUT2D eigenvalue weighted by atomic mass is 16.2. The third-order valence-electron chi connectivity index (χ3n) is 13.8. The van der Waals surface area contributed by atoms with Crippen LogP contribution in [-0.2, 0) is 43.2 Å². The van der Waals surface area contributed by atoms with Crippen LogP contribution >= 0.6 is 0 Å². The summed E-state index contributed by atoms with van der Waals surface area (Å²) in [5.41, 5.74) is 101. The molecule has 9 atom stereocenters. The second-order valence-corrected chi connectivity index (χ2v) is 22.2. The summed E-state index contributed by atoms with van der Waals surface area (Å²) in [5.74, 6) is -8.94. The van der Waals surface area contributed by atoms with Gasteiger partial charge in [-0.3, -0.25) is 78.3 Å². The zero-order chi connectivity index (χ0) is 73.3. The molecule has 43 heteroatoms. The van der Waals surface area contributed by atoms with Gasteiger partial charge in [0.15, 0.2) is 47.7 Å². The van der Waals surface area contributed by atoms with E-state index >= 15 is 0 Å². The number of amides is 8. The Hall–Kier alpha value is -10.5. The summed E-state index contributed by atoms with van der Waals surface area (Å²) < 4.78 is 0. The number of nitrogens with one attached hydrogen (secondary N) is 8. The largest absolute Gasteiger partial charge is 0.370 e. The van der Waals surface area contributed by atoms with Crippen LogP contribution in [0.5, 0.6) is 0 Å². The van der Waals surface area contributed by atoms with Gasteiger partial charge in [-0.25, -0.2) is 0 Å². The van der Waals surface area contributed by atoms with Gasteiger partial charge in [-0.1, -0.05) is 0 Å². The van der Waals surface area contributed by atoms with Crippen LogP contribution in [0.15, 0.2) is 39.9 Å². The molecule has 0 saturated carbocycles. The highest BCUT2D eigenvalue weighted by molar-refractivity contribution is 5.98. The molecular formula is C54H110N34O9. The summed E-state index contributed by atoms with van der Waals surface area (Å²) in [6.07, 6.45) is 2.00. The maximum Gasteiger partial charge on any atom is 0.243 e. The minimum Gasteiger partial charge on any atom is -0.370 e. The second-order valence-electron chi connectivity index (χ2n) is 22.2. The molecule has 0 aliphatic heterocycles. The lowest BCUT2D eigenvalue weighted by Gasteiger charge is -2.28. The fraction of sp³-hybridized carbons (Fsp3) is 0.685. The van der Waals surface area contributed by atoms with Gasteiger partial charge < -0.3 is 151 Å². The number of carbonyl (C=O) groups excluding carboxylic acids is 9. The zero-order valence-corrected chi connectivity index (χ0v) is 55.2. The summed E-state index contributed by atoms with van der Waals surface area (Å²) in [4.78, 5) is 159. The maximum atomic E-state index is 14.8. The van der Waals surface area contributed by atoms with Crippen molar-refractivity contribution in [2.45, 2.75) is 176 Å². The van der Waals surface area contributed by atoms with Gasteiger partial charge in [-0.05, 0) is 129 Å². The summed E-state index contributed by atoms with van der Waals surface area (Å²) in [6, 6.07) is -12.2. The van der Waals surface area contributed by atoms with E-state index in [4.69, 9.17) is 103 Å². The number of nitrogens with zero attached hydrogens (tertiary/aromatic N) is 8. The van der Waals surface area contributed by atoms with E-state index in [0.29, 0.717) is 32.1 Å². The van der Waals surface area contributed by atoms with Crippen LogP contribution in [-0.4, -0.2) is 214 Å². The Bertz CT molecular complexity index is 2680. The molecule has 97 heavy (non-hydrogen) atoms. The fourth-order valence-electron chi connectivity index (χ4n) is 8.94. The molecule has 0 aliphatic carbocycles. The lowest BCUT2D eigenvalue weighted by atomic mass is 10.0. The molecule has 0 fully saturated rings. The van der Waals surface area contributed by atoms with Crippen LogP contribution in [0.2, 0.25) is 0 Å². The molecule has 0 spiro atoms. The van der Waals surface area contributed by atoms with Crippen LogP contribution in [0.3, 0.4) is 0 Å². The predicted octanol–water partition coefficient (Wildman–Crippen LogP) is -12.1. The Morgan fingerprint density at radius 3 is 0.629 bits per heavy atom. The number of aliphatic imine (C=N–C) groups is 8. The molecule has 0 aliphatic rings. The van der Waals surface area contributed by atoms with Crippen molar-refractivity contribution >= 4 is 101 Å². The lowest BCUT2D eigenvalue weighted by Crippen LogP contribution is -2.60. The minimum atomic E-state index is -1.54. The van der Waals surface area contributed by atoms with Crippen LogP contribution in [0.1, 0.15) is 122 Å².